The van der Waals surface area contributed by atoms with Crippen LogP contribution in [0.25, 0.3) is 0 Å². The third kappa shape index (κ3) is 1.33. The maximum absolute atomic E-state index is 9.09. The Morgan fingerprint density at radius 1 is 1.70 bits per heavy atom. The number of aliphatic hydroxyl groups is 1. The van der Waals surface area contributed by atoms with Gasteiger partial charge in [0.05, 0.1) is 6.10 Å². The zero-order valence-electron chi connectivity index (χ0n) is 6.00. The summed E-state index contributed by atoms with van der Waals surface area (Å²) in [5.74, 6) is 0. The second-order valence-corrected chi connectivity index (χ2v) is 2.77. The first-order valence-corrected chi connectivity index (χ1v) is 3.49. The van der Waals surface area contributed by atoms with Gasteiger partial charge in [0.15, 0.2) is 0 Å². The van der Waals surface area contributed by atoms with Crippen molar-refractivity contribution in [2.75, 3.05) is 0 Å². The fourth-order valence-corrected chi connectivity index (χ4v) is 0.965. The van der Waals surface area contributed by atoms with Gasteiger partial charge < -0.3 is 9.67 Å². The van der Waals surface area contributed by atoms with Crippen molar-refractivity contribution < 1.29 is 5.11 Å². The van der Waals surface area contributed by atoms with Crippen LogP contribution in [-0.4, -0.2) is 9.67 Å². The molecule has 0 aliphatic carbocycles. The molecular weight excluding hydrogens is 150 g/mol. The van der Waals surface area contributed by atoms with Crippen LogP contribution in [0.15, 0.2) is 12.3 Å². The second kappa shape index (κ2) is 2.64. The molecule has 0 saturated heterocycles. The predicted molar refractivity (Wildman–Crippen MR) is 41.1 cm³/mol. The molecule has 1 N–H and O–H groups in total. The number of aliphatic hydroxyl groups excluding tert-OH is 1. The molecule has 1 aromatic rings. The second-order valence-electron chi connectivity index (χ2n) is 2.38. The lowest BCUT2D eigenvalue weighted by Gasteiger charge is -1.96. The maximum Gasteiger partial charge on any atom is 0.108 e. The summed E-state index contributed by atoms with van der Waals surface area (Å²) in [7, 11) is 1.84. The molecule has 0 spiro atoms. The van der Waals surface area contributed by atoms with Crippen LogP contribution in [0.5, 0.6) is 0 Å². The molecule has 3 heteroatoms. The highest BCUT2D eigenvalue weighted by Gasteiger charge is 2.04. The van der Waals surface area contributed by atoms with Crippen LogP contribution < -0.4 is 0 Å². The lowest BCUT2D eigenvalue weighted by atomic mass is 10.2. The van der Waals surface area contributed by atoms with Crippen molar-refractivity contribution in [3.05, 3.63) is 23.0 Å². The largest absolute Gasteiger partial charge is 0.389 e. The minimum Gasteiger partial charge on any atom is -0.389 e. The molecule has 0 bridgehead atoms. The number of rotatable bonds is 1. The molecule has 1 unspecified atom stereocenters. The summed E-state index contributed by atoms with van der Waals surface area (Å²) >= 11 is 5.73. The number of hydrogen-bond donors (Lipinski definition) is 1. The van der Waals surface area contributed by atoms with Crippen LogP contribution in [-0.2, 0) is 7.05 Å². The lowest BCUT2D eigenvalue weighted by molar-refractivity contribution is 0.199. The van der Waals surface area contributed by atoms with Gasteiger partial charge in [-0.05, 0) is 18.6 Å². The van der Waals surface area contributed by atoms with Crippen LogP contribution in [0.4, 0.5) is 0 Å². The van der Waals surface area contributed by atoms with E-state index in [9.17, 15) is 0 Å². The van der Waals surface area contributed by atoms with Gasteiger partial charge in [-0.15, -0.1) is 0 Å². The topological polar surface area (TPSA) is 25.2 Å². The third-order valence-corrected chi connectivity index (χ3v) is 1.82. The Labute approximate surface area is 65.0 Å². The first-order chi connectivity index (χ1) is 4.61. The summed E-state index contributed by atoms with van der Waals surface area (Å²) in [4.78, 5) is 0. The Balaban J connectivity index is 2.98. The quantitative estimate of drug-likeness (QED) is 0.664. The Hall–Kier alpha value is -0.470. The SMILES string of the molecule is CC(O)c1cc(Cl)n(C)c1. The normalized spacial score (nSPS) is 13.6. The molecule has 2 nitrogen and oxygen atoms in total. The standard InChI is InChI=1S/C7H10ClNO/c1-5(10)6-3-7(8)9(2)4-6/h3-5,10H,1-2H3. The third-order valence-electron chi connectivity index (χ3n) is 1.45. The Kier molecular flexibility index (Phi) is 2.02. The molecule has 1 heterocycles. The zero-order valence-corrected chi connectivity index (χ0v) is 6.76. The van der Waals surface area contributed by atoms with E-state index < -0.39 is 6.10 Å². The summed E-state index contributed by atoms with van der Waals surface area (Å²) in [5.41, 5.74) is 0.854. The average Bonchev–Trinajstić information content (AvgIpc) is 2.13. The Morgan fingerprint density at radius 3 is 2.50 bits per heavy atom. The van der Waals surface area contributed by atoms with Crippen molar-refractivity contribution in [2.45, 2.75) is 13.0 Å². The highest BCUT2D eigenvalue weighted by molar-refractivity contribution is 6.29. The van der Waals surface area contributed by atoms with Crippen molar-refractivity contribution >= 4 is 11.6 Å². The minimum atomic E-state index is -0.432. The number of nitrogens with zero attached hydrogens (tertiary/aromatic N) is 1. The van der Waals surface area contributed by atoms with Crippen LogP contribution in [0, 0.1) is 0 Å². The maximum atomic E-state index is 9.09. The molecule has 0 amide bonds. The molecule has 0 aliphatic heterocycles. The van der Waals surface area contributed by atoms with Gasteiger partial charge in [-0.2, -0.15) is 0 Å². The highest BCUT2D eigenvalue weighted by Crippen LogP contribution is 2.18. The first kappa shape index (κ1) is 7.63. The first-order valence-electron chi connectivity index (χ1n) is 3.11. The van der Waals surface area contributed by atoms with Crippen LogP contribution in [0.1, 0.15) is 18.6 Å². The number of hydrogen-bond acceptors (Lipinski definition) is 1. The van der Waals surface area contributed by atoms with Crippen LogP contribution >= 0.6 is 11.6 Å². The van der Waals surface area contributed by atoms with Crippen LogP contribution in [0.2, 0.25) is 5.15 Å². The summed E-state index contributed by atoms with van der Waals surface area (Å²) in [5, 5.41) is 9.74. The number of aromatic nitrogens is 1. The lowest BCUT2D eigenvalue weighted by Crippen LogP contribution is -1.87. The monoisotopic (exact) mass is 159 g/mol. The number of halogens is 1. The molecule has 10 heavy (non-hydrogen) atoms. The molecule has 1 atom stereocenters. The van der Waals surface area contributed by atoms with E-state index in [1.165, 1.54) is 0 Å². The van der Waals surface area contributed by atoms with E-state index in [4.69, 9.17) is 16.7 Å². The van der Waals surface area contributed by atoms with Gasteiger partial charge >= 0.3 is 0 Å². The van der Waals surface area contributed by atoms with Crippen molar-refractivity contribution in [3.8, 4) is 0 Å². The molecule has 0 fully saturated rings. The van der Waals surface area contributed by atoms with E-state index in [1.807, 2.05) is 13.2 Å². The fraction of sp³-hybridized carbons (Fsp3) is 0.429. The van der Waals surface area contributed by atoms with Crippen LogP contribution in [0.3, 0.4) is 0 Å². The van der Waals surface area contributed by atoms with Gasteiger partial charge in [-0.1, -0.05) is 11.6 Å². The van der Waals surface area contributed by atoms with Crippen molar-refractivity contribution in [1.82, 2.24) is 4.57 Å². The molecule has 0 radical (unpaired) electrons. The molecule has 1 aromatic heterocycles. The van der Waals surface area contributed by atoms with Gasteiger partial charge in [-0.25, -0.2) is 0 Å². The Morgan fingerprint density at radius 2 is 2.30 bits per heavy atom. The van der Waals surface area contributed by atoms with E-state index in [2.05, 4.69) is 0 Å². The van der Waals surface area contributed by atoms with E-state index in [0.717, 1.165) is 5.56 Å². The van der Waals surface area contributed by atoms with Gasteiger partial charge in [0, 0.05) is 13.2 Å². The number of aryl methyl sites for hydroxylation is 1. The smallest absolute Gasteiger partial charge is 0.108 e. The van der Waals surface area contributed by atoms with Crippen molar-refractivity contribution in [2.24, 2.45) is 7.05 Å². The zero-order chi connectivity index (χ0) is 7.72. The van der Waals surface area contributed by atoms with Gasteiger partial charge in [0.1, 0.15) is 5.15 Å². The van der Waals surface area contributed by atoms with E-state index >= 15 is 0 Å². The van der Waals surface area contributed by atoms with E-state index in [1.54, 1.807) is 17.6 Å². The van der Waals surface area contributed by atoms with E-state index in [0.29, 0.717) is 5.15 Å². The highest BCUT2D eigenvalue weighted by atomic mass is 35.5. The average molecular weight is 160 g/mol. The molecule has 1 rings (SSSR count). The molecule has 0 aromatic carbocycles. The van der Waals surface area contributed by atoms with E-state index in [-0.39, 0.29) is 0 Å². The minimum absolute atomic E-state index is 0.432. The summed E-state index contributed by atoms with van der Waals surface area (Å²) in [6, 6.07) is 1.76. The van der Waals surface area contributed by atoms with Crippen molar-refractivity contribution in [1.29, 1.82) is 0 Å². The molecule has 0 aliphatic rings. The Bertz CT molecular complexity index is 210. The molecular formula is C7H10ClNO. The summed E-state index contributed by atoms with van der Waals surface area (Å²) in [6.45, 7) is 1.71. The molecule has 0 saturated carbocycles. The summed E-state index contributed by atoms with van der Waals surface area (Å²) in [6.07, 6.45) is 1.38. The van der Waals surface area contributed by atoms with Gasteiger partial charge in [-0.3, -0.25) is 0 Å². The van der Waals surface area contributed by atoms with Gasteiger partial charge in [0.2, 0.25) is 0 Å². The summed E-state index contributed by atoms with van der Waals surface area (Å²) < 4.78 is 1.77. The van der Waals surface area contributed by atoms with Crippen molar-refractivity contribution in [3.63, 3.8) is 0 Å². The fourth-order valence-electron chi connectivity index (χ4n) is 0.790. The predicted octanol–water partition coefficient (Wildman–Crippen LogP) is 1.73. The van der Waals surface area contributed by atoms with Gasteiger partial charge in [0.25, 0.3) is 0 Å². The molecule has 56 valence electrons.